The van der Waals surface area contributed by atoms with Crippen molar-refractivity contribution in [3.8, 4) is 0 Å². The zero-order valence-corrected chi connectivity index (χ0v) is 20.6. The minimum absolute atomic E-state index is 0.0771. The van der Waals surface area contributed by atoms with Crippen molar-refractivity contribution in [2.75, 3.05) is 13.1 Å². The van der Waals surface area contributed by atoms with Crippen molar-refractivity contribution in [2.24, 2.45) is 0 Å². The number of aromatic nitrogens is 2. The van der Waals surface area contributed by atoms with Gasteiger partial charge in [-0.05, 0) is 74.4 Å². The molecule has 174 valence electrons. The second-order valence-corrected chi connectivity index (χ2v) is 10.9. The number of hydrogen-bond donors (Lipinski definition) is 1. The number of nitrogens with one attached hydrogen (secondary N) is 1. The molecule has 1 aliphatic carbocycles. The van der Waals surface area contributed by atoms with Gasteiger partial charge < -0.3 is 0 Å². The van der Waals surface area contributed by atoms with E-state index in [1.54, 1.807) is 12.1 Å². The number of hydrogen-bond acceptors (Lipinski definition) is 4. The SMILES string of the molecule is Cc1nn(C2CCN(Cc3cc(Cl)cc(Cl)c3)CC2)c2cc(F)c(C(=O)NSC3CC3)cc12. The number of carbonyl (C=O) groups excluding carboxylic acids is 1. The van der Waals surface area contributed by atoms with Gasteiger partial charge in [0.15, 0.2) is 0 Å². The molecular weight excluding hydrogens is 482 g/mol. The van der Waals surface area contributed by atoms with Crippen LogP contribution in [0, 0.1) is 12.7 Å². The fourth-order valence-electron chi connectivity index (χ4n) is 4.42. The lowest BCUT2D eigenvalue weighted by Gasteiger charge is -2.32. The molecule has 5 nitrogen and oxygen atoms in total. The van der Waals surface area contributed by atoms with Gasteiger partial charge in [-0.2, -0.15) is 5.10 Å². The third-order valence-electron chi connectivity index (χ3n) is 6.30. The van der Waals surface area contributed by atoms with Crippen LogP contribution in [-0.4, -0.2) is 38.9 Å². The molecule has 0 unspecified atom stereocenters. The highest BCUT2D eigenvalue weighted by Crippen LogP contribution is 2.33. The molecule has 1 N–H and O–H groups in total. The van der Waals surface area contributed by atoms with E-state index >= 15 is 0 Å². The molecule has 0 radical (unpaired) electrons. The molecule has 9 heteroatoms. The summed E-state index contributed by atoms with van der Waals surface area (Å²) in [6.45, 7) is 4.50. The van der Waals surface area contributed by atoms with Crippen molar-refractivity contribution >= 4 is 52.0 Å². The molecule has 2 heterocycles. The first kappa shape index (κ1) is 23.0. The number of piperidine rings is 1. The lowest BCUT2D eigenvalue weighted by molar-refractivity contribution is 0.0980. The highest BCUT2D eigenvalue weighted by Gasteiger charge is 2.26. The molecule has 2 fully saturated rings. The Labute approximate surface area is 206 Å². The van der Waals surface area contributed by atoms with Gasteiger partial charge in [0.2, 0.25) is 0 Å². The zero-order valence-electron chi connectivity index (χ0n) is 18.3. The number of halogens is 3. The average Bonchev–Trinajstić information content (AvgIpc) is 3.55. The van der Waals surface area contributed by atoms with Crippen LogP contribution in [0.5, 0.6) is 0 Å². The summed E-state index contributed by atoms with van der Waals surface area (Å²) in [4.78, 5) is 14.8. The van der Waals surface area contributed by atoms with Crippen molar-refractivity contribution in [1.29, 1.82) is 0 Å². The van der Waals surface area contributed by atoms with Crippen molar-refractivity contribution in [2.45, 2.75) is 50.4 Å². The number of aryl methyl sites for hydroxylation is 1. The third-order valence-corrected chi connectivity index (χ3v) is 7.84. The molecule has 0 spiro atoms. The van der Waals surface area contributed by atoms with Crippen molar-refractivity contribution < 1.29 is 9.18 Å². The number of rotatable bonds is 6. The minimum atomic E-state index is -0.507. The van der Waals surface area contributed by atoms with Crippen LogP contribution in [0.25, 0.3) is 10.9 Å². The normalized spacial score (nSPS) is 17.6. The van der Waals surface area contributed by atoms with Crippen molar-refractivity contribution in [1.82, 2.24) is 19.4 Å². The number of carbonyl (C=O) groups is 1. The maximum atomic E-state index is 14.9. The Balaban J connectivity index is 1.30. The van der Waals surface area contributed by atoms with E-state index in [1.165, 1.54) is 18.0 Å². The fourth-order valence-corrected chi connectivity index (χ4v) is 5.75. The van der Waals surface area contributed by atoms with E-state index < -0.39 is 5.82 Å². The molecule has 3 aromatic rings. The van der Waals surface area contributed by atoms with Gasteiger partial charge in [-0.15, -0.1) is 0 Å². The average molecular weight is 507 g/mol. The summed E-state index contributed by atoms with van der Waals surface area (Å²) >= 11 is 13.7. The van der Waals surface area contributed by atoms with Crippen LogP contribution < -0.4 is 4.72 Å². The molecule has 1 aromatic heterocycles. The van der Waals surface area contributed by atoms with Crippen LogP contribution in [0.4, 0.5) is 4.39 Å². The van der Waals surface area contributed by atoms with Crippen LogP contribution in [0.1, 0.15) is 53.3 Å². The first-order valence-corrected chi connectivity index (χ1v) is 12.8. The van der Waals surface area contributed by atoms with Gasteiger partial charge in [0.1, 0.15) is 5.82 Å². The quantitative estimate of drug-likeness (QED) is 0.406. The summed E-state index contributed by atoms with van der Waals surface area (Å²) < 4.78 is 19.6. The van der Waals surface area contributed by atoms with Gasteiger partial charge in [0, 0.05) is 46.4 Å². The largest absolute Gasteiger partial charge is 0.299 e. The number of nitrogens with zero attached hydrogens (tertiary/aromatic N) is 3. The molecule has 33 heavy (non-hydrogen) atoms. The Kier molecular flexibility index (Phi) is 6.58. The van der Waals surface area contributed by atoms with E-state index in [2.05, 4.69) is 9.62 Å². The maximum Gasteiger partial charge on any atom is 0.264 e. The predicted octanol–water partition coefficient (Wildman–Crippen LogP) is 6.17. The summed E-state index contributed by atoms with van der Waals surface area (Å²) in [7, 11) is 0. The molecule has 1 saturated carbocycles. The smallest absolute Gasteiger partial charge is 0.264 e. The Morgan fingerprint density at radius 3 is 2.48 bits per heavy atom. The lowest BCUT2D eigenvalue weighted by Crippen LogP contribution is -2.34. The molecule has 1 saturated heterocycles. The summed E-state index contributed by atoms with van der Waals surface area (Å²) in [5.41, 5.74) is 2.73. The Morgan fingerprint density at radius 1 is 1.12 bits per heavy atom. The summed E-state index contributed by atoms with van der Waals surface area (Å²) in [5, 5.41) is 7.31. The van der Waals surface area contributed by atoms with E-state index in [0.717, 1.165) is 67.5 Å². The van der Waals surface area contributed by atoms with Gasteiger partial charge in [-0.1, -0.05) is 23.2 Å². The van der Waals surface area contributed by atoms with Crippen LogP contribution in [0.2, 0.25) is 10.0 Å². The zero-order chi connectivity index (χ0) is 23.1. The van der Waals surface area contributed by atoms with Crippen LogP contribution in [0.3, 0.4) is 0 Å². The van der Waals surface area contributed by atoms with Crippen LogP contribution >= 0.6 is 35.1 Å². The second kappa shape index (κ2) is 9.45. The molecular formula is C24H25Cl2FN4OS. The number of fused-ring (bicyclic) bond motifs is 1. The van der Waals surface area contributed by atoms with Crippen LogP contribution in [-0.2, 0) is 6.54 Å². The molecule has 1 aliphatic heterocycles. The Morgan fingerprint density at radius 2 is 1.82 bits per heavy atom. The fraction of sp³-hybridized carbons (Fsp3) is 0.417. The van der Waals surface area contributed by atoms with Gasteiger partial charge >= 0.3 is 0 Å². The van der Waals surface area contributed by atoms with Gasteiger partial charge in [-0.3, -0.25) is 19.1 Å². The standard InChI is InChI=1S/C24H25Cl2FN4OS/c1-14-20-11-21(24(32)29-33-19-2-3-19)22(27)12-23(20)31(28-14)18-4-6-30(7-5-18)13-15-8-16(25)10-17(26)9-15/h8-12,18-19H,2-7,13H2,1H3,(H,29,32). The monoisotopic (exact) mass is 506 g/mol. The number of likely N-dealkylation sites (tertiary alicyclic amines) is 1. The highest BCUT2D eigenvalue weighted by atomic mass is 35.5. The molecule has 0 atom stereocenters. The Bertz CT molecular complexity index is 1180. The topological polar surface area (TPSA) is 50.2 Å². The number of benzene rings is 2. The highest BCUT2D eigenvalue weighted by molar-refractivity contribution is 7.98. The van der Waals surface area contributed by atoms with Crippen LogP contribution in [0.15, 0.2) is 30.3 Å². The van der Waals surface area contributed by atoms with E-state index in [1.807, 2.05) is 23.7 Å². The molecule has 1 amide bonds. The third kappa shape index (κ3) is 5.16. The van der Waals surface area contributed by atoms with E-state index in [4.69, 9.17) is 28.3 Å². The minimum Gasteiger partial charge on any atom is -0.299 e. The first-order chi connectivity index (χ1) is 15.9. The predicted molar refractivity (Wildman–Crippen MR) is 133 cm³/mol. The molecule has 5 rings (SSSR count). The maximum absolute atomic E-state index is 14.9. The summed E-state index contributed by atoms with van der Waals surface area (Å²) in [5.74, 6) is -0.888. The summed E-state index contributed by atoms with van der Waals surface area (Å²) in [6.07, 6.45) is 4.02. The molecule has 2 aliphatic rings. The lowest BCUT2D eigenvalue weighted by atomic mass is 10.0. The van der Waals surface area contributed by atoms with Gasteiger partial charge in [-0.25, -0.2) is 4.39 Å². The van der Waals surface area contributed by atoms with E-state index in [0.29, 0.717) is 15.3 Å². The van der Waals surface area contributed by atoms with E-state index in [9.17, 15) is 9.18 Å². The molecule has 2 aromatic carbocycles. The Hall–Kier alpha value is -1.80. The molecule has 0 bridgehead atoms. The van der Waals surface area contributed by atoms with Crippen molar-refractivity contribution in [3.63, 3.8) is 0 Å². The summed E-state index contributed by atoms with van der Waals surface area (Å²) in [6, 6.07) is 8.93. The first-order valence-electron chi connectivity index (χ1n) is 11.2. The van der Waals surface area contributed by atoms with Gasteiger partial charge in [0.25, 0.3) is 5.91 Å². The van der Waals surface area contributed by atoms with Gasteiger partial charge in [0.05, 0.1) is 22.8 Å². The van der Waals surface area contributed by atoms with E-state index in [-0.39, 0.29) is 17.5 Å². The van der Waals surface area contributed by atoms with Crippen molar-refractivity contribution in [3.05, 3.63) is 63.0 Å². The number of amides is 1. The second-order valence-electron chi connectivity index (χ2n) is 8.91.